The fourth-order valence-electron chi connectivity index (χ4n) is 2.03. The Kier molecular flexibility index (Phi) is 4.81. The van der Waals surface area contributed by atoms with Gasteiger partial charge in [-0.2, -0.15) is 4.31 Å². The second-order valence-corrected chi connectivity index (χ2v) is 7.47. The molecule has 0 amide bonds. The van der Waals surface area contributed by atoms with Crippen LogP contribution >= 0.6 is 15.9 Å². The van der Waals surface area contributed by atoms with E-state index in [4.69, 9.17) is 0 Å². The second kappa shape index (κ2) is 6.25. The van der Waals surface area contributed by atoms with Crippen LogP contribution in [0, 0.1) is 5.82 Å². The molecule has 0 fully saturated rings. The molecule has 1 unspecified atom stereocenters. The molecule has 0 spiro atoms. The quantitative estimate of drug-likeness (QED) is 0.815. The van der Waals surface area contributed by atoms with E-state index in [1.807, 2.05) is 0 Å². The maximum atomic E-state index is 13.8. The molecule has 0 saturated heterocycles. The summed E-state index contributed by atoms with van der Waals surface area (Å²) in [6.07, 6.45) is 0. The second-order valence-electron chi connectivity index (χ2n) is 4.65. The summed E-state index contributed by atoms with van der Waals surface area (Å²) in [7, 11) is -2.26. The summed E-state index contributed by atoms with van der Waals surface area (Å²) in [5, 5.41) is 0. The lowest BCUT2D eigenvalue weighted by atomic mass is 10.1. The van der Waals surface area contributed by atoms with Gasteiger partial charge in [-0.15, -0.1) is 0 Å². The summed E-state index contributed by atoms with van der Waals surface area (Å²) in [4.78, 5) is 0.163. The third-order valence-corrected chi connectivity index (χ3v) is 6.33. The Morgan fingerprint density at radius 3 is 2.29 bits per heavy atom. The molecule has 0 aliphatic carbocycles. The normalized spacial score (nSPS) is 13.4. The minimum Gasteiger partial charge on any atom is -0.207 e. The fraction of sp³-hybridized carbons (Fsp3) is 0.200. The predicted octanol–water partition coefficient (Wildman–Crippen LogP) is 3.97. The molecule has 0 N–H and O–H groups in total. The molecule has 2 rings (SSSR count). The van der Waals surface area contributed by atoms with Gasteiger partial charge in [0.25, 0.3) is 0 Å². The van der Waals surface area contributed by atoms with Crippen molar-refractivity contribution in [1.29, 1.82) is 0 Å². The Hall–Kier alpha value is -1.24. The smallest absolute Gasteiger partial charge is 0.207 e. The van der Waals surface area contributed by atoms with Gasteiger partial charge in [-0.1, -0.05) is 30.3 Å². The Morgan fingerprint density at radius 2 is 1.67 bits per heavy atom. The zero-order valence-electron chi connectivity index (χ0n) is 11.6. The zero-order chi connectivity index (χ0) is 15.6. The number of benzene rings is 2. The molecule has 1 atom stereocenters. The van der Waals surface area contributed by atoms with Crippen LogP contribution in [0.15, 0.2) is 57.9 Å². The van der Waals surface area contributed by atoms with E-state index in [-0.39, 0.29) is 4.90 Å². The molecule has 112 valence electrons. The van der Waals surface area contributed by atoms with Gasteiger partial charge < -0.3 is 0 Å². The molecule has 0 bridgehead atoms. The van der Waals surface area contributed by atoms with Crippen molar-refractivity contribution in [1.82, 2.24) is 4.31 Å². The molecule has 0 radical (unpaired) electrons. The molecule has 0 aliphatic heterocycles. The van der Waals surface area contributed by atoms with Crippen molar-refractivity contribution in [2.75, 3.05) is 7.05 Å². The Labute approximate surface area is 132 Å². The average molecular weight is 372 g/mol. The van der Waals surface area contributed by atoms with E-state index in [1.165, 1.54) is 23.5 Å². The zero-order valence-corrected chi connectivity index (χ0v) is 14.0. The van der Waals surface area contributed by atoms with Crippen LogP contribution in [0.1, 0.15) is 18.5 Å². The standard InChI is InChI=1S/C15H15BrFNO2S/c1-11(12-7-3-5-9-14(12)17)18(2)21(19,20)15-10-6-4-8-13(15)16/h3-11H,1-2H3. The highest BCUT2D eigenvalue weighted by Gasteiger charge is 2.28. The van der Waals surface area contributed by atoms with Crippen LogP contribution < -0.4 is 0 Å². The summed E-state index contributed by atoms with van der Waals surface area (Å²) in [5.74, 6) is -0.417. The lowest BCUT2D eigenvalue weighted by Crippen LogP contribution is -2.30. The molecule has 6 heteroatoms. The van der Waals surface area contributed by atoms with Gasteiger partial charge >= 0.3 is 0 Å². The Morgan fingerprint density at radius 1 is 1.10 bits per heavy atom. The number of hydrogen-bond donors (Lipinski definition) is 0. The Bertz CT molecular complexity index is 749. The molecular weight excluding hydrogens is 357 g/mol. The topological polar surface area (TPSA) is 37.4 Å². The molecule has 2 aromatic rings. The van der Waals surface area contributed by atoms with Gasteiger partial charge in [-0.3, -0.25) is 0 Å². The molecule has 3 nitrogen and oxygen atoms in total. The first-order chi connectivity index (χ1) is 9.85. The van der Waals surface area contributed by atoms with Crippen LogP contribution in [-0.4, -0.2) is 19.8 Å². The molecular formula is C15H15BrFNO2S. The molecule has 21 heavy (non-hydrogen) atoms. The van der Waals surface area contributed by atoms with Crippen molar-refractivity contribution in [2.45, 2.75) is 17.9 Å². The highest BCUT2D eigenvalue weighted by atomic mass is 79.9. The highest BCUT2D eigenvalue weighted by Crippen LogP contribution is 2.30. The van der Waals surface area contributed by atoms with Gasteiger partial charge in [0.1, 0.15) is 5.82 Å². The largest absolute Gasteiger partial charge is 0.244 e. The van der Waals surface area contributed by atoms with Crippen molar-refractivity contribution in [2.24, 2.45) is 0 Å². The van der Waals surface area contributed by atoms with Crippen molar-refractivity contribution >= 4 is 26.0 Å². The van der Waals surface area contributed by atoms with Gasteiger partial charge in [-0.05, 0) is 41.1 Å². The molecule has 2 aromatic carbocycles. The van der Waals surface area contributed by atoms with Gasteiger partial charge in [0.2, 0.25) is 10.0 Å². The van der Waals surface area contributed by atoms with E-state index in [1.54, 1.807) is 43.3 Å². The summed E-state index contributed by atoms with van der Waals surface area (Å²) in [5.41, 5.74) is 0.343. The van der Waals surface area contributed by atoms with Crippen molar-refractivity contribution < 1.29 is 12.8 Å². The first-order valence-electron chi connectivity index (χ1n) is 6.32. The summed E-state index contributed by atoms with van der Waals surface area (Å²) >= 11 is 3.24. The maximum Gasteiger partial charge on any atom is 0.244 e. The fourth-order valence-corrected chi connectivity index (χ4v) is 4.33. The highest BCUT2D eigenvalue weighted by molar-refractivity contribution is 9.10. The lowest BCUT2D eigenvalue weighted by Gasteiger charge is -2.25. The number of hydrogen-bond acceptors (Lipinski definition) is 2. The maximum absolute atomic E-state index is 13.8. The average Bonchev–Trinajstić information content (AvgIpc) is 2.46. The van der Waals surface area contributed by atoms with Gasteiger partial charge in [-0.25, -0.2) is 12.8 Å². The van der Waals surface area contributed by atoms with Crippen LogP contribution in [0.5, 0.6) is 0 Å². The van der Waals surface area contributed by atoms with Crippen LogP contribution in [0.3, 0.4) is 0 Å². The van der Waals surface area contributed by atoms with E-state index in [0.29, 0.717) is 10.0 Å². The minimum absolute atomic E-state index is 0.163. The molecule has 0 saturated carbocycles. The predicted molar refractivity (Wildman–Crippen MR) is 83.9 cm³/mol. The van der Waals surface area contributed by atoms with Crippen LogP contribution in [0.25, 0.3) is 0 Å². The first kappa shape index (κ1) is 16.1. The van der Waals surface area contributed by atoms with Crippen LogP contribution in [0.4, 0.5) is 4.39 Å². The molecule has 0 heterocycles. The SMILES string of the molecule is CC(c1ccccc1F)N(C)S(=O)(=O)c1ccccc1Br. The third-order valence-electron chi connectivity index (χ3n) is 3.39. The van der Waals surface area contributed by atoms with E-state index in [9.17, 15) is 12.8 Å². The van der Waals surface area contributed by atoms with Gasteiger partial charge in [0.15, 0.2) is 0 Å². The van der Waals surface area contributed by atoms with Crippen molar-refractivity contribution in [3.8, 4) is 0 Å². The van der Waals surface area contributed by atoms with Crippen LogP contribution in [-0.2, 0) is 10.0 Å². The van der Waals surface area contributed by atoms with Crippen LogP contribution in [0.2, 0.25) is 0 Å². The van der Waals surface area contributed by atoms with E-state index < -0.39 is 21.9 Å². The number of nitrogens with zero attached hydrogens (tertiary/aromatic N) is 1. The van der Waals surface area contributed by atoms with E-state index in [2.05, 4.69) is 15.9 Å². The van der Waals surface area contributed by atoms with E-state index >= 15 is 0 Å². The van der Waals surface area contributed by atoms with E-state index in [0.717, 1.165) is 0 Å². The minimum atomic E-state index is -3.71. The Balaban J connectivity index is 2.42. The number of rotatable bonds is 4. The first-order valence-corrected chi connectivity index (χ1v) is 8.56. The van der Waals surface area contributed by atoms with Gasteiger partial charge in [0, 0.05) is 23.1 Å². The lowest BCUT2D eigenvalue weighted by molar-refractivity contribution is 0.387. The molecule has 0 aromatic heterocycles. The number of halogens is 2. The third kappa shape index (κ3) is 3.17. The van der Waals surface area contributed by atoms with Gasteiger partial charge in [0.05, 0.1) is 4.90 Å². The summed E-state index contributed by atoms with van der Waals surface area (Å²) in [6.45, 7) is 1.66. The molecule has 0 aliphatic rings. The monoisotopic (exact) mass is 371 g/mol. The summed E-state index contributed by atoms with van der Waals surface area (Å²) < 4.78 is 40.8. The van der Waals surface area contributed by atoms with Crippen molar-refractivity contribution in [3.63, 3.8) is 0 Å². The summed E-state index contributed by atoms with van der Waals surface area (Å²) in [6, 6.07) is 12.1. The number of sulfonamides is 1. The van der Waals surface area contributed by atoms with Crippen molar-refractivity contribution in [3.05, 3.63) is 64.4 Å².